The van der Waals surface area contributed by atoms with Crippen LogP contribution in [0.25, 0.3) is 0 Å². The van der Waals surface area contributed by atoms with Crippen molar-refractivity contribution in [3.05, 3.63) is 0 Å². The summed E-state index contributed by atoms with van der Waals surface area (Å²) in [6.45, 7) is 13.9. The van der Waals surface area contributed by atoms with E-state index in [2.05, 4.69) is 32.8 Å². The first kappa shape index (κ1) is 18.6. The van der Waals surface area contributed by atoms with Gasteiger partial charge in [-0.3, -0.25) is 4.79 Å². The van der Waals surface area contributed by atoms with Gasteiger partial charge >= 0.3 is 0 Å². The Morgan fingerprint density at radius 1 is 1.11 bits per heavy atom. The summed E-state index contributed by atoms with van der Waals surface area (Å²) in [6, 6.07) is 0. The second-order valence-electron chi connectivity index (χ2n) is 7.31. The summed E-state index contributed by atoms with van der Waals surface area (Å²) >= 11 is 0. The molecule has 0 atom stereocenters. The maximum Gasteiger partial charge on any atom is 0.141 e. The van der Waals surface area contributed by atoms with E-state index in [4.69, 9.17) is 4.74 Å². The minimum atomic E-state index is -0.286. The minimum absolute atomic E-state index is 0.0942. The Morgan fingerprint density at radius 3 is 2.05 bits per heavy atom. The molecule has 0 aromatic carbocycles. The molecule has 0 bridgehead atoms. The highest BCUT2D eigenvalue weighted by molar-refractivity contribution is 5.85. The highest BCUT2D eigenvalue weighted by atomic mass is 16.5. The second kappa shape index (κ2) is 7.39. The van der Waals surface area contributed by atoms with Crippen molar-refractivity contribution in [3.63, 3.8) is 0 Å². The summed E-state index contributed by atoms with van der Waals surface area (Å²) in [5, 5.41) is 0. The first-order valence-electron chi connectivity index (χ1n) is 7.31. The van der Waals surface area contributed by atoms with E-state index in [0.717, 1.165) is 19.4 Å². The van der Waals surface area contributed by atoms with Gasteiger partial charge in [0.15, 0.2) is 0 Å². The second-order valence-corrected chi connectivity index (χ2v) is 7.31. The van der Waals surface area contributed by atoms with Crippen LogP contribution in [0.15, 0.2) is 0 Å². The average Bonchev–Trinajstić information content (AvgIpc) is 2.24. The third-order valence-corrected chi connectivity index (χ3v) is 3.57. The van der Waals surface area contributed by atoms with E-state index >= 15 is 0 Å². The van der Waals surface area contributed by atoms with Gasteiger partial charge in [-0.15, -0.1) is 0 Å². The van der Waals surface area contributed by atoms with Gasteiger partial charge in [-0.25, -0.2) is 0 Å². The Labute approximate surface area is 119 Å². The molecule has 0 aliphatic carbocycles. The van der Waals surface area contributed by atoms with Crippen LogP contribution in [0.5, 0.6) is 0 Å². The monoisotopic (exact) mass is 271 g/mol. The van der Waals surface area contributed by atoms with E-state index < -0.39 is 0 Å². The van der Waals surface area contributed by atoms with Gasteiger partial charge in [0.1, 0.15) is 5.78 Å². The molecule has 0 amide bonds. The zero-order valence-corrected chi connectivity index (χ0v) is 14.2. The Kier molecular flexibility index (Phi) is 7.23. The van der Waals surface area contributed by atoms with Gasteiger partial charge < -0.3 is 9.64 Å². The standard InChI is InChI=1S/C16H33NO2/c1-13(2)14(18)15(3,4)10-12-19-16(5,6)9-11-17(7)8/h13H,9-12H2,1-8H3. The van der Waals surface area contributed by atoms with Crippen molar-refractivity contribution in [1.29, 1.82) is 0 Å². The van der Waals surface area contributed by atoms with Crippen molar-refractivity contribution < 1.29 is 9.53 Å². The van der Waals surface area contributed by atoms with Crippen LogP contribution in [0.1, 0.15) is 54.4 Å². The molecule has 0 fully saturated rings. The number of hydrogen-bond donors (Lipinski definition) is 0. The summed E-state index contributed by atoms with van der Waals surface area (Å²) in [7, 11) is 4.14. The zero-order valence-electron chi connectivity index (χ0n) is 14.2. The maximum atomic E-state index is 12.1. The molecule has 0 aliphatic heterocycles. The molecule has 0 aromatic rings. The quantitative estimate of drug-likeness (QED) is 0.644. The number of hydrogen-bond acceptors (Lipinski definition) is 3. The minimum Gasteiger partial charge on any atom is -0.375 e. The van der Waals surface area contributed by atoms with Gasteiger partial charge in [0.05, 0.1) is 5.60 Å². The normalized spacial score (nSPS) is 13.4. The van der Waals surface area contributed by atoms with Crippen LogP contribution in [0.3, 0.4) is 0 Å². The van der Waals surface area contributed by atoms with Crippen molar-refractivity contribution in [2.24, 2.45) is 11.3 Å². The fraction of sp³-hybridized carbons (Fsp3) is 0.938. The van der Waals surface area contributed by atoms with Crippen molar-refractivity contribution >= 4 is 5.78 Å². The van der Waals surface area contributed by atoms with Crippen molar-refractivity contribution in [1.82, 2.24) is 4.90 Å². The summed E-state index contributed by atoms with van der Waals surface area (Å²) in [5.41, 5.74) is -0.410. The molecule has 0 unspecified atom stereocenters. The smallest absolute Gasteiger partial charge is 0.141 e. The number of carbonyl (C=O) groups excluding carboxylic acids is 1. The van der Waals surface area contributed by atoms with Crippen molar-refractivity contribution in [3.8, 4) is 0 Å². The van der Waals surface area contributed by atoms with Crippen LogP contribution >= 0.6 is 0 Å². The average molecular weight is 271 g/mol. The summed E-state index contributed by atoms with van der Waals surface area (Å²) in [6.07, 6.45) is 1.79. The van der Waals surface area contributed by atoms with E-state index in [1.165, 1.54) is 0 Å². The van der Waals surface area contributed by atoms with Crippen LogP contribution in [0.2, 0.25) is 0 Å². The molecule has 114 valence electrons. The summed E-state index contributed by atoms with van der Waals surface area (Å²) in [5.74, 6) is 0.416. The molecule has 0 rings (SSSR count). The topological polar surface area (TPSA) is 29.5 Å². The van der Waals surface area contributed by atoms with Gasteiger partial charge in [0.25, 0.3) is 0 Å². The predicted molar refractivity (Wildman–Crippen MR) is 81.4 cm³/mol. The van der Waals surface area contributed by atoms with Gasteiger partial charge in [0.2, 0.25) is 0 Å². The lowest BCUT2D eigenvalue weighted by molar-refractivity contribution is -0.132. The number of rotatable bonds is 9. The van der Waals surface area contributed by atoms with Gasteiger partial charge in [-0.2, -0.15) is 0 Å². The number of Topliss-reactive ketones (excluding diaryl/α,β-unsaturated/α-hetero) is 1. The molecule has 3 nitrogen and oxygen atoms in total. The third kappa shape index (κ3) is 7.68. The highest BCUT2D eigenvalue weighted by Crippen LogP contribution is 2.27. The summed E-state index contributed by atoms with van der Waals surface area (Å²) < 4.78 is 5.97. The Morgan fingerprint density at radius 2 is 1.63 bits per heavy atom. The Balaban J connectivity index is 4.17. The molecule has 0 saturated heterocycles. The molecule has 0 heterocycles. The molecule has 0 radical (unpaired) electrons. The SMILES string of the molecule is CC(C)C(=O)C(C)(C)CCOC(C)(C)CCN(C)C. The van der Waals surface area contributed by atoms with Crippen LogP contribution in [-0.4, -0.2) is 43.5 Å². The van der Waals surface area contributed by atoms with Gasteiger partial charge in [-0.1, -0.05) is 27.7 Å². The van der Waals surface area contributed by atoms with Gasteiger partial charge in [-0.05, 0) is 40.8 Å². The van der Waals surface area contributed by atoms with Crippen molar-refractivity contribution in [2.45, 2.75) is 60.0 Å². The van der Waals surface area contributed by atoms with E-state index in [0.29, 0.717) is 12.4 Å². The molecular weight excluding hydrogens is 238 g/mol. The molecule has 0 N–H and O–H groups in total. The molecular formula is C16H33NO2. The molecule has 0 aromatic heterocycles. The molecule has 3 heteroatoms. The lowest BCUT2D eigenvalue weighted by Crippen LogP contribution is -2.33. The molecule has 0 spiro atoms. The van der Waals surface area contributed by atoms with E-state index in [1.807, 2.05) is 27.7 Å². The maximum absolute atomic E-state index is 12.1. The van der Waals surface area contributed by atoms with Crippen LogP contribution in [0.4, 0.5) is 0 Å². The van der Waals surface area contributed by atoms with E-state index in [9.17, 15) is 4.79 Å². The first-order valence-corrected chi connectivity index (χ1v) is 7.31. The third-order valence-electron chi connectivity index (χ3n) is 3.57. The lowest BCUT2D eigenvalue weighted by atomic mass is 9.80. The largest absolute Gasteiger partial charge is 0.375 e. The molecule has 0 aliphatic rings. The molecule has 0 saturated carbocycles. The van der Waals surface area contributed by atoms with Crippen molar-refractivity contribution in [2.75, 3.05) is 27.2 Å². The zero-order chi connectivity index (χ0) is 15.3. The number of ether oxygens (including phenoxy) is 1. The van der Waals surface area contributed by atoms with Crippen LogP contribution in [-0.2, 0) is 9.53 Å². The molecule has 19 heavy (non-hydrogen) atoms. The fourth-order valence-corrected chi connectivity index (χ4v) is 2.05. The Hall–Kier alpha value is -0.410. The van der Waals surface area contributed by atoms with Crippen LogP contribution in [0, 0.1) is 11.3 Å². The number of ketones is 1. The number of nitrogens with zero attached hydrogens (tertiary/aromatic N) is 1. The fourth-order valence-electron chi connectivity index (χ4n) is 2.05. The van der Waals surface area contributed by atoms with E-state index in [1.54, 1.807) is 0 Å². The first-order chi connectivity index (χ1) is 8.48. The van der Waals surface area contributed by atoms with Gasteiger partial charge in [0, 0.05) is 24.5 Å². The predicted octanol–water partition coefficient (Wildman–Crippen LogP) is 3.37. The summed E-state index contributed by atoms with van der Waals surface area (Å²) in [4.78, 5) is 14.2. The van der Waals surface area contributed by atoms with Crippen LogP contribution < -0.4 is 0 Å². The number of carbonyl (C=O) groups is 1. The lowest BCUT2D eigenvalue weighted by Gasteiger charge is -2.30. The van der Waals surface area contributed by atoms with E-state index in [-0.39, 0.29) is 16.9 Å². The Bertz CT molecular complexity index is 280. The highest BCUT2D eigenvalue weighted by Gasteiger charge is 2.30.